The maximum absolute atomic E-state index is 11.1. The van der Waals surface area contributed by atoms with Crippen LogP contribution in [0.4, 0.5) is 0 Å². The maximum Gasteiger partial charge on any atom is 0.303 e. The molecule has 0 spiro atoms. The Morgan fingerprint density at radius 3 is 2.39 bits per heavy atom. The highest BCUT2D eigenvalue weighted by molar-refractivity contribution is 5.68. The standard InChI is InChI=1S/C19H23NO3/c20-11-4-12-23-18-9-7-15(8-10-18)13-17(14-19(21)22)16-5-2-1-3-6-16/h1-3,5-10,17H,4,11-14,20H2,(H,21,22)/t17-/m0/s1. The fourth-order valence-electron chi connectivity index (χ4n) is 2.52. The molecule has 0 aliphatic carbocycles. The van der Waals surface area contributed by atoms with Crippen LogP contribution in [0.25, 0.3) is 0 Å². The lowest BCUT2D eigenvalue weighted by atomic mass is 9.89. The minimum Gasteiger partial charge on any atom is -0.494 e. The van der Waals surface area contributed by atoms with Gasteiger partial charge >= 0.3 is 5.97 Å². The lowest BCUT2D eigenvalue weighted by molar-refractivity contribution is -0.137. The van der Waals surface area contributed by atoms with Gasteiger partial charge in [0, 0.05) is 0 Å². The molecule has 0 aromatic heterocycles. The van der Waals surface area contributed by atoms with Gasteiger partial charge in [0.1, 0.15) is 5.75 Å². The molecule has 0 amide bonds. The first-order valence-electron chi connectivity index (χ1n) is 7.87. The smallest absolute Gasteiger partial charge is 0.303 e. The Morgan fingerprint density at radius 2 is 1.78 bits per heavy atom. The molecule has 23 heavy (non-hydrogen) atoms. The third kappa shape index (κ3) is 5.75. The molecule has 2 rings (SSSR count). The van der Waals surface area contributed by atoms with Crippen LogP contribution < -0.4 is 10.5 Å². The summed E-state index contributed by atoms with van der Waals surface area (Å²) in [4.78, 5) is 11.1. The Kier molecular flexibility index (Phi) is 6.63. The molecule has 0 saturated carbocycles. The molecule has 0 aliphatic rings. The van der Waals surface area contributed by atoms with Crippen LogP contribution in [0.2, 0.25) is 0 Å². The molecule has 0 fully saturated rings. The van der Waals surface area contributed by atoms with E-state index in [-0.39, 0.29) is 12.3 Å². The number of carbonyl (C=O) groups is 1. The van der Waals surface area contributed by atoms with Crippen LogP contribution in [-0.4, -0.2) is 24.2 Å². The van der Waals surface area contributed by atoms with Crippen molar-refractivity contribution >= 4 is 5.97 Å². The monoisotopic (exact) mass is 313 g/mol. The third-order valence-corrected chi connectivity index (χ3v) is 3.71. The third-order valence-electron chi connectivity index (χ3n) is 3.71. The van der Waals surface area contributed by atoms with Crippen molar-refractivity contribution in [1.82, 2.24) is 0 Å². The number of nitrogens with two attached hydrogens (primary N) is 1. The summed E-state index contributed by atoms with van der Waals surface area (Å²) < 4.78 is 5.58. The van der Waals surface area contributed by atoms with Gasteiger partial charge in [-0.1, -0.05) is 42.5 Å². The quantitative estimate of drug-likeness (QED) is 0.697. The first kappa shape index (κ1) is 17.0. The average Bonchev–Trinajstić information content (AvgIpc) is 2.56. The van der Waals surface area contributed by atoms with Gasteiger partial charge in [0.15, 0.2) is 0 Å². The van der Waals surface area contributed by atoms with Gasteiger partial charge in [-0.15, -0.1) is 0 Å². The van der Waals surface area contributed by atoms with E-state index in [1.165, 1.54) is 0 Å². The first-order valence-corrected chi connectivity index (χ1v) is 7.87. The number of carboxylic acid groups (broad SMARTS) is 1. The van der Waals surface area contributed by atoms with Gasteiger partial charge in [0.2, 0.25) is 0 Å². The second-order valence-corrected chi connectivity index (χ2v) is 5.54. The lowest BCUT2D eigenvalue weighted by Gasteiger charge is -2.16. The summed E-state index contributed by atoms with van der Waals surface area (Å²) in [5.41, 5.74) is 7.60. The van der Waals surface area contributed by atoms with Gasteiger partial charge in [-0.2, -0.15) is 0 Å². The molecule has 0 radical (unpaired) electrons. The van der Waals surface area contributed by atoms with Crippen molar-refractivity contribution in [3.05, 3.63) is 65.7 Å². The minimum absolute atomic E-state index is 0.0299. The molecule has 0 aliphatic heterocycles. The van der Waals surface area contributed by atoms with E-state index in [1.54, 1.807) is 0 Å². The average molecular weight is 313 g/mol. The van der Waals surface area contributed by atoms with E-state index < -0.39 is 5.97 Å². The lowest BCUT2D eigenvalue weighted by Crippen LogP contribution is -2.09. The van der Waals surface area contributed by atoms with E-state index in [9.17, 15) is 4.79 Å². The molecule has 122 valence electrons. The van der Waals surface area contributed by atoms with Crippen molar-refractivity contribution in [3.8, 4) is 5.75 Å². The van der Waals surface area contributed by atoms with Crippen molar-refractivity contribution in [2.24, 2.45) is 5.73 Å². The normalized spacial score (nSPS) is 11.9. The highest BCUT2D eigenvalue weighted by Gasteiger charge is 2.16. The fraction of sp³-hybridized carbons (Fsp3) is 0.316. The Labute approximate surface area is 136 Å². The summed E-state index contributed by atoms with van der Waals surface area (Å²) in [5.74, 6) is 0.00925. The van der Waals surface area contributed by atoms with Crippen LogP contribution >= 0.6 is 0 Å². The summed E-state index contributed by atoms with van der Waals surface area (Å²) in [6.45, 7) is 1.23. The van der Waals surface area contributed by atoms with Gasteiger partial charge < -0.3 is 15.6 Å². The summed E-state index contributed by atoms with van der Waals surface area (Å²) in [5, 5.41) is 9.16. The molecular formula is C19H23NO3. The molecular weight excluding hydrogens is 290 g/mol. The summed E-state index contributed by atoms with van der Waals surface area (Å²) in [6.07, 6.45) is 1.65. The Bertz CT molecular complexity index is 596. The van der Waals surface area contributed by atoms with Gasteiger partial charge in [-0.3, -0.25) is 4.79 Å². The summed E-state index contributed by atoms with van der Waals surface area (Å²) in [6, 6.07) is 17.6. The molecule has 4 heteroatoms. The van der Waals surface area contributed by atoms with E-state index in [1.807, 2.05) is 54.6 Å². The predicted octanol–water partition coefficient (Wildman–Crippen LogP) is 3.22. The van der Waals surface area contributed by atoms with E-state index in [0.29, 0.717) is 19.6 Å². The van der Waals surface area contributed by atoms with E-state index in [2.05, 4.69) is 0 Å². The van der Waals surface area contributed by atoms with E-state index >= 15 is 0 Å². The summed E-state index contributed by atoms with van der Waals surface area (Å²) >= 11 is 0. The minimum atomic E-state index is -0.777. The zero-order chi connectivity index (χ0) is 16.5. The van der Waals surface area contributed by atoms with Crippen molar-refractivity contribution in [2.75, 3.05) is 13.2 Å². The SMILES string of the molecule is NCCCOc1ccc(C[C@@H](CC(=O)O)c2ccccc2)cc1. The van der Waals surface area contributed by atoms with Crippen LogP contribution in [0.1, 0.15) is 29.9 Å². The van der Waals surface area contributed by atoms with Crippen LogP contribution in [0.5, 0.6) is 5.75 Å². The zero-order valence-electron chi connectivity index (χ0n) is 13.2. The molecule has 2 aromatic rings. The van der Waals surface area contributed by atoms with E-state index in [0.717, 1.165) is 23.3 Å². The molecule has 0 unspecified atom stereocenters. The fourth-order valence-corrected chi connectivity index (χ4v) is 2.52. The van der Waals surface area contributed by atoms with Crippen molar-refractivity contribution < 1.29 is 14.6 Å². The van der Waals surface area contributed by atoms with Gasteiger partial charge in [-0.25, -0.2) is 0 Å². The maximum atomic E-state index is 11.1. The second kappa shape index (κ2) is 8.96. The molecule has 0 bridgehead atoms. The van der Waals surface area contributed by atoms with Crippen LogP contribution in [0.15, 0.2) is 54.6 Å². The number of hydrogen-bond donors (Lipinski definition) is 2. The van der Waals surface area contributed by atoms with Gasteiger partial charge in [-0.05, 0) is 48.6 Å². The van der Waals surface area contributed by atoms with Gasteiger partial charge in [0.25, 0.3) is 0 Å². The Balaban J connectivity index is 2.03. The number of ether oxygens (including phenoxy) is 1. The van der Waals surface area contributed by atoms with E-state index in [4.69, 9.17) is 15.6 Å². The van der Waals surface area contributed by atoms with Crippen molar-refractivity contribution in [1.29, 1.82) is 0 Å². The molecule has 0 heterocycles. The zero-order valence-corrected chi connectivity index (χ0v) is 13.2. The van der Waals surface area contributed by atoms with Crippen molar-refractivity contribution in [3.63, 3.8) is 0 Å². The number of carboxylic acids is 1. The predicted molar refractivity (Wildman–Crippen MR) is 90.7 cm³/mol. The molecule has 2 aromatic carbocycles. The second-order valence-electron chi connectivity index (χ2n) is 5.54. The largest absolute Gasteiger partial charge is 0.494 e. The topological polar surface area (TPSA) is 72.5 Å². The summed E-state index contributed by atoms with van der Waals surface area (Å²) in [7, 11) is 0. The molecule has 1 atom stereocenters. The Morgan fingerprint density at radius 1 is 1.09 bits per heavy atom. The highest BCUT2D eigenvalue weighted by Crippen LogP contribution is 2.25. The van der Waals surface area contributed by atoms with Gasteiger partial charge in [0.05, 0.1) is 13.0 Å². The molecule has 0 saturated heterocycles. The van der Waals surface area contributed by atoms with Crippen LogP contribution in [0, 0.1) is 0 Å². The number of benzene rings is 2. The highest BCUT2D eigenvalue weighted by atomic mass is 16.5. The van der Waals surface area contributed by atoms with Crippen molar-refractivity contribution in [2.45, 2.75) is 25.2 Å². The Hall–Kier alpha value is -2.33. The molecule has 4 nitrogen and oxygen atoms in total. The first-order chi connectivity index (χ1) is 11.2. The molecule has 3 N–H and O–H groups in total. The van der Waals surface area contributed by atoms with Crippen LogP contribution in [0.3, 0.4) is 0 Å². The number of aliphatic carboxylic acids is 1. The number of hydrogen-bond acceptors (Lipinski definition) is 3. The number of rotatable bonds is 9. The van der Waals surface area contributed by atoms with Crippen LogP contribution in [-0.2, 0) is 11.2 Å².